The number of hydrogen-bond donors (Lipinski definition) is 2. The van der Waals surface area contributed by atoms with Gasteiger partial charge in [0.1, 0.15) is 15.7 Å². The predicted octanol–water partition coefficient (Wildman–Crippen LogP) is -2.15. The normalized spacial score (nSPS) is 20.1. The van der Waals surface area contributed by atoms with Crippen molar-refractivity contribution in [1.82, 2.24) is 15.5 Å². The van der Waals surface area contributed by atoms with Gasteiger partial charge < -0.3 is 10.6 Å². The monoisotopic (exact) mass is 223 g/mol. The zero-order valence-corrected chi connectivity index (χ0v) is 10.7. The molecule has 0 aliphatic carbocycles. The Morgan fingerprint density at radius 3 is 2.31 bits per heavy atom. The largest absolute Gasteiger partial charge is 0.339 e. The van der Waals surface area contributed by atoms with Crippen molar-refractivity contribution in [2.45, 2.75) is 31.6 Å². The third kappa shape index (κ3) is 3.01. The number of imide groups is 1. The summed E-state index contributed by atoms with van der Waals surface area (Å²) < 4.78 is 0. The van der Waals surface area contributed by atoms with Gasteiger partial charge in [-0.25, -0.2) is 4.79 Å². The molecule has 0 aromatic carbocycles. The summed E-state index contributed by atoms with van der Waals surface area (Å²) >= 11 is 0. The lowest BCUT2D eigenvalue weighted by atomic mass is 9.62. The molecule has 0 aromatic heterocycles. The van der Waals surface area contributed by atoms with E-state index >= 15 is 0 Å². The molecule has 88 valence electrons. The minimum absolute atomic E-state index is 0.00519. The molecule has 7 heteroatoms. The van der Waals surface area contributed by atoms with Crippen LogP contribution in [0.2, 0.25) is 0 Å². The van der Waals surface area contributed by atoms with Crippen molar-refractivity contribution in [3.05, 3.63) is 0 Å². The molecule has 0 saturated carbocycles. The number of rotatable bonds is 3. The number of nitrogens with one attached hydrogen (secondary N) is 2. The number of nitrogens with zero attached hydrogens (tertiary/aromatic N) is 1. The molecule has 1 aliphatic heterocycles. The van der Waals surface area contributed by atoms with E-state index in [0.717, 1.165) is 0 Å². The average Bonchev–Trinajstić information content (AvgIpc) is 2.25. The SMILES string of the molecule is BC1(B)NC(=O)N(CCNC(C)(C)C)C1=O. The number of amides is 3. The Morgan fingerprint density at radius 1 is 1.38 bits per heavy atom. The lowest BCUT2D eigenvalue weighted by molar-refractivity contribution is -0.126. The van der Waals surface area contributed by atoms with Gasteiger partial charge in [0.05, 0.1) is 5.34 Å². The van der Waals surface area contributed by atoms with Crippen molar-refractivity contribution in [1.29, 1.82) is 0 Å². The standard InChI is InChI=1S/C9H19B2N3O2/c1-8(2,3)12-4-5-14-6(15)9(10,11)13-7(14)16/h12H,4-5,10-11H2,1-3H3,(H,13,16). The molecule has 1 fully saturated rings. The van der Waals surface area contributed by atoms with Gasteiger partial charge in [-0.2, -0.15) is 0 Å². The number of hydrogen-bond acceptors (Lipinski definition) is 3. The molecule has 5 nitrogen and oxygen atoms in total. The molecular weight excluding hydrogens is 204 g/mol. The Kier molecular flexibility index (Phi) is 3.38. The van der Waals surface area contributed by atoms with Crippen molar-refractivity contribution < 1.29 is 9.59 Å². The summed E-state index contributed by atoms with van der Waals surface area (Å²) in [5, 5.41) is 5.13. The van der Waals surface area contributed by atoms with Crippen LogP contribution in [-0.2, 0) is 4.79 Å². The molecule has 1 heterocycles. The zero-order valence-electron chi connectivity index (χ0n) is 10.7. The summed E-state index contributed by atoms with van der Waals surface area (Å²) in [6, 6.07) is -0.300. The lowest BCUT2D eigenvalue weighted by Crippen LogP contribution is -2.48. The van der Waals surface area contributed by atoms with Crippen molar-refractivity contribution in [2.75, 3.05) is 13.1 Å². The quantitative estimate of drug-likeness (QED) is 0.423. The van der Waals surface area contributed by atoms with Gasteiger partial charge in [0.15, 0.2) is 0 Å². The van der Waals surface area contributed by atoms with E-state index < -0.39 is 5.34 Å². The van der Waals surface area contributed by atoms with E-state index in [1.807, 2.05) is 20.8 Å². The maximum absolute atomic E-state index is 11.8. The highest BCUT2D eigenvalue weighted by atomic mass is 16.2. The first-order valence-corrected chi connectivity index (χ1v) is 5.53. The number of carbonyl (C=O) groups is 2. The minimum atomic E-state index is -0.765. The first kappa shape index (κ1) is 13.1. The summed E-state index contributed by atoms with van der Waals surface area (Å²) in [5.41, 5.74) is -0.00519. The zero-order chi connectivity index (χ0) is 12.6. The smallest absolute Gasteiger partial charge is 0.323 e. The van der Waals surface area contributed by atoms with Gasteiger partial charge in [-0.15, -0.1) is 0 Å². The number of carbonyl (C=O) groups excluding carboxylic acids is 2. The Balaban J connectivity index is 2.50. The van der Waals surface area contributed by atoms with Crippen LogP contribution >= 0.6 is 0 Å². The van der Waals surface area contributed by atoms with E-state index in [4.69, 9.17) is 0 Å². The predicted molar refractivity (Wildman–Crippen MR) is 67.8 cm³/mol. The molecule has 0 spiro atoms. The summed E-state index contributed by atoms with van der Waals surface area (Å²) in [6.07, 6.45) is 0. The van der Waals surface area contributed by atoms with Crippen LogP contribution in [-0.4, -0.2) is 56.5 Å². The van der Waals surface area contributed by atoms with Crippen LogP contribution in [0.5, 0.6) is 0 Å². The van der Waals surface area contributed by atoms with Crippen molar-refractivity contribution in [2.24, 2.45) is 0 Å². The fourth-order valence-electron chi connectivity index (χ4n) is 1.56. The Labute approximate surface area is 98.1 Å². The highest BCUT2D eigenvalue weighted by Gasteiger charge is 2.43. The average molecular weight is 223 g/mol. The van der Waals surface area contributed by atoms with Crippen LogP contribution < -0.4 is 10.6 Å². The van der Waals surface area contributed by atoms with Crippen molar-refractivity contribution >= 4 is 27.6 Å². The molecule has 0 atom stereocenters. The highest BCUT2D eigenvalue weighted by molar-refractivity contribution is 6.54. The minimum Gasteiger partial charge on any atom is -0.339 e. The second-order valence-corrected chi connectivity index (χ2v) is 5.69. The maximum atomic E-state index is 11.8. The molecule has 3 amide bonds. The second kappa shape index (κ2) is 4.13. The van der Waals surface area contributed by atoms with Crippen LogP contribution in [0.4, 0.5) is 4.79 Å². The second-order valence-electron chi connectivity index (χ2n) is 5.69. The fourth-order valence-corrected chi connectivity index (χ4v) is 1.56. The molecular formula is C9H19B2N3O2. The molecule has 0 bridgehead atoms. The summed E-state index contributed by atoms with van der Waals surface area (Å²) in [6.45, 7) is 7.15. The van der Waals surface area contributed by atoms with Crippen LogP contribution in [0.15, 0.2) is 0 Å². The third-order valence-corrected chi connectivity index (χ3v) is 2.44. The van der Waals surface area contributed by atoms with Crippen LogP contribution in [0.25, 0.3) is 0 Å². The molecule has 2 N–H and O–H groups in total. The van der Waals surface area contributed by atoms with Gasteiger partial charge >= 0.3 is 6.03 Å². The fraction of sp³-hybridized carbons (Fsp3) is 0.778. The molecule has 16 heavy (non-hydrogen) atoms. The van der Waals surface area contributed by atoms with E-state index in [1.54, 1.807) is 15.7 Å². The van der Waals surface area contributed by atoms with Gasteiger partial charge in [0.2, 0.25) is 5.91 Å². The maximum Gasteiger partial charge on any atom is 0.323 e. The highest BCUT2D eigenvalue weighted by Crippen LogP contribution is 2.10. The van der Waals surface area contributed by atoms with E-state index in [-0.39, 0.29) is 17.5 Å². The van der Waals surface area contributed by atoms with Crippen molar-refractivity contribution in [3.63, 3.8) is 0 Å². The summed E-state index contributed by atoms with van der Waals surface area (Å²) in [5.74, 6) is -0.159. The lowest BCUT2D eigenvalue weighted by Gasteiger charge is -2.22. The summed E-state index contributed by atoms with van der Waals surface area (Å²) in [7, 11) is 3.43. The van der Waals surface area contributed by atoms with Crippen molar-refractivity contribution in [3.8, 4) is 0 Å². The molecule has 1 saturated heterocycles. The first-order valence-electron chi connectivity index (χ1n) is 5.53. The molecule has 0 aromatic rings. The van der Waals surface area contributed by atoms with E-state index in [1.165, 1.54) is 4.90 Å². The Morgan fingerprint density at radius 2 is 1.94 bits per heavy atom. The van der Waals surface area contributed by atoms with Crippen LogP contribution in [0, 0.1) is 0 Å². The first-order chi connectivity index (χ1) is 7.13. The van der Waals surface area contributed by atoms with E-state index in [0.29, 0.717) is 13.1 Å². The van der Waals surface area contributed by atoms with Crippen LogP contribution in [0.3, 0.4) is 0 Å². The molecule has 1 rings (SSSR count). The molecule has 0 unspecified atom stereocenters. The number of urea groups is 1. The van der Waals surface area contributed by atoms with E-state index in [9.17, 15) is 9.59 Å². The van der Waals surface area contributed by atoms with Gasteiger partial charge in [0, 0.05) is 18.6 Å². The van der Waals surface area contributed by atoms with Gasteiger partial charge in [-0.1, -0.05) is 0 Å². The topological polar surface area (TPSA) is 61.4 Å². The third-order valence-electron chi connectivity index (χ3n) is 2.44. The Hall–Kier alpha value is -0.970. The Bertz CT molecular complexity index is 312. The van der Waals surface area contributed by atoms with Crippen LogP contribution in [0.1, 0.15) is 20.8 Å². The van der Waals surface area contributed by atoms with Gasteiger partial charge in [-0.3, -0.25) is 9.69 Å². The van der Waals surface area contributed by atoms with Gasteiger partial charge in [-0.05, 0) is 20.8 Å². The molecule has 0 radical (unpaired) electrons. The summed E-state index contributed by atoms with van der Waals surface area (Å²) in [4.78, 5) is 24.6. The van der Waals surface area contributed by atoms with Gasteiger partial charge in [0.25, 0.3) is 0 Å². The van der Waals surface area contributed by atoms with E-state index in [2.05, 4.69) is 10.6 Å². The molecule has 1 aliphatic rings.